The molecule has 3 aromatic rings. The summed E-state index contributed by atoms with van der Waals surface area (Å²) in [5.41, 5.74) is 0.135. The minimum absolute atomic E-state index is 0.230. The average Bonchev–Trinajstić information content (AvgIpc) is 3.31. The van der Waals surface area contributed by atoms with Crippen molar-refractivity contribution in [2.45, 2.75) is 6.54 Å². The summed E-state index contributed by atoms with van der Waals surface area (Å²) in [6, 6.07) is 8.90. The smallest absolute Gasteiger partial charge is 0.346 e. The van der Waals surface area contributed by atoms with Gasteiger partial charge in [-0.3, -0.25) is 9.36 Å². The van der Waals surface area contributed by atoms with E-state index < -0.39 is 0 Å². The number of benzene rings is 1. The van der Waals surface area contributed by atoms with Crippen LogP contribution in [0, 0.1) is 0 Å². The zero-order valence-electron chi connectivity index (χ0n) is 15.3. The molecule has 27 heavy (non-hydrogen) atoms. The van der Waals surface area contributed by atoms with E-state index in [4.69, 9.17) is 9.47 Å². The first-order chi connectivity index (χ1) is 13.1. The van der Waals surface area contributed by atoms with E-state index in [9.17, 15) is 9.59 Å². The summed E-state index contributed by atoms with van der Waals surface area (Å²) >= 11 is 1.51. The van der Waals surface area contributed by atoms with Gasteiger partial charge < -0.3 is 14.8 Å². The Hall–Kier alpha value is -3.07. The fourth-order valence-corrected chi connectivity index (χ4v) is 3.43. The van der Waals surface area contributed by atoms with Crippen molar-refractivity contribution in [2.24, 2.45) is 7.05 Å². The first-order valence-electron chi connectivity index (χ1n) is 8.23. The van der Waals surface area contributed by atoms with Crippen molar-refractivity contribution in [3.63, 3.8) is 0 Å². The van der Waals surface area contributed by atoms with E-state index >= 15 is 0 Å². The Morgan fingerprint density at radius 2 is 2.04 bits per heavy atom. The van der Waals surface area contributed by atoms with Crippen LogP contribution in [-0.4, -0.2) is 41.0 Å². The molecule has 9 heteroatoms. The highest BCUT2D eigenvalue weighted by Gasteiger charge is 2.17. The van der Waals surface area contributed by atoms with Gasteiger partial charge in [0.2, 0.25) is 0 Å². The number of carbonyl (C=O) groups is 1. The van der Waals surface area contributed by atoms with Gasteiger partial charge in [-0.1, -0.05) is 12.1 Å². The highest BCUT2D eigenvalue weighted by atomic mass is 32.1. The molecule has 8 nitrogen and oxygen atoms in total. The number of ether oxygens (including phenoxy) is 2. The van der Waals surface area contributed by atoms with Crippen molar-refractivity contribution in [1.82, 2.24) is 19.7 Å². The Labute approximate surface area is 160 Å². The van der Waals surface area contributed by atoms with Crippen molar-refractivity contribution >= 4 is 17.2 Å². The summed E-state index contributed by atoms with van der Waals surface area (Å²) in [5.74, 6) is 1.14. The molecule has 0 fully saturated rings. The molecule has 142 valence electrons. The van der Waals surface area contributed by atoms with E-state index in [-0.39, 0.29) is 24.7 Å². The molecule has 0 aliphatic rings. The van der Waals surface area contributed by atoms with Gasteiger partial charge in [-0.25, -0.2) is 9.48 Å². The Morgan fingerprint density at radius 3 is 2.70 bits per heavy atom. The van der Waals surface area contributed by atoms with E-state index in [1.165, 1.54) is 34.8 Å². The van der Waals surface area contributed by atoms with Gasteiger partial charge in [-0.15, -0.1) is 16.4 Å². The van der Waals surface area contributed by atoms with E-state index in [1.807, 2.05) is 17.5 Å². The highest BCUT2D eigenvalue weighted by molar-refractivity contribution is 7.13. The van der Waals surface area contributed by atoms with Gasteiger partial charge in [0.1, 0.15) is 0 Å². The van der Waals surface area contributed by atoms with Crippen LogP contribution in [0.2, 0.25) is 0 Å². The number of nitrogens with one attached hydrogen (secondary N) is 1. The fourth-order valence-electron chi connectivity index (χ4n) is 2.69. The number of hydrogen-bond acceptors (Lipinski definition) is 6. The van der Waals surface area contributed by atoms with Crippen molar-refractivity contribution in [1.29, 1.82) is 0 Å². The maximum atomic E-state index is 12.5. The quantitative estimate of drug-likeness (QED) is 0.666. The first kappa shape index (κ1) is 18.7. The van der Waals surface area contributed by atoms with Crippen LogP contribution in [-0.2, 0) is 13.6 Å². The number of para-hydroxylation sites is 1. The molecule has 3 rings (SSSR count). The van der Waals surface area contributed by atoms with Crippen LogP contribution in [0.25, 0.3) is 10.7 Å². The van der Waals surface area contributed by atoms with Gasteiger partial charge in [0, 0.05) is 13.6 Å². The molecule has 2 heterocycles. The second-order valence-corrected chi connectivity index (χ2v) is 6.61. The topological polar surface area (TPSA) is 87.4 Å². The first-order valence-corrected chi connectivity index (χ1v) is 9.11. The molecular weight excluding hydrogens is 368 g/mol. The number of rotatable bonds is 7. The molecule has 0 aliphatic carbocycles. The number of aromatic nitrogens is 3. The van der Waals surface area contributed by atoms with Crippen LogP contribution >= 0.6 is 11.3 Å². The number of carbonyl (C=O) groups excluding carboxylic acids is 1. The van der Waals surface area contributed by atoms with Gasteiger partial charge in [-0.2, -0.15) is 0 Å². The van der Waals surface area contributed by atoms with Gasteiger partial charge in [0.05, 0.1) is 31.2 Å². The molecule has 0 unspecified atom stereocenters. The molecule has 0 radical (unpaired) electrons. The normalized spacial score (nSPS) is 10.6. The number of thiophene rings is 1. The maximum Gasteiger partial charge on any atom is 0.346 e. The molecule has 1 aromatic carbocycles. The Morgan fingerprint density at radius 1 is 1.22 bits per heavy atom. The Balaban J connectivity index is 1.70. The zero-order valence-corrected chi connectivity index (χ0v) is 16.1. The van der Waals surface area contributed by atoms with Crippen molar-refractivity contribution in [3.8, 4) is 22.2 Å². The number of amides is 1. The summed E-state index contributed by atoms with van der Waals surface area (Å²) in [7, 11) is 4.67. The summed E-state index contributed by atoms with van der Waals surface area (Å²) in [5, 5.41) is 9.08. The van der Waals surface area contributed by atoms with Crippen LogP contribution in [0.4, 0.5) is 0 Å². The van der Waals surface area contributed by atoms with E-state index in [0.29, 0.717) is 22.9 Å². The van der Waals surface area contributed by atoms with E-state index in [1.54, 1.807) is 25.2 Å². The van der Waals surface area contributed by atoms with Crippen LogP contribution < -0.4 is 20.5 Å². The monoisotopic (exact) mass is 388 g/mol. The average molecular weight is 388 g/mol. The fraction of sp³-hybridized carbons (Fsp3) is 0.278. The largest absolute Gasteiger partial charge is 0.493 e. The maximum absolute atomic E-state index is 12.5. The van der Waals surface area contributed by atoms with Crippen molar-refractivity contribution < 1.29 is 14.3 Å². The van der Waals surface area contributed by atoms with Crippen LogP contribution in [0.1, 0.15) is 10.4 Å². The summed E-state index contributed by atoms with van der Waals surface area (Å²) in [4.78, 5) is 25.7. The third kappa shape index (κ3) is 3.72. The summed E-state index contributed by atoms with van der Waals surface area (Å²) in [6.45, 7) is 0.510. The lowest BCUT2D eigenvalue weighted by molar-refractivity contribution is 0.0948. The third-order valence-corrected chi connectivity index (χ3v) is 4.90. The molecule has 1 amide bonds. The lowest BCUT2D eigenvalue weighted by Gasteiger charge is -2.12. The minimum atomic E-state index is -0.312. The predicted molar refractivity (Wildman–Crippen MR) is 103 cm³/mol. The molecule has 0 saturated heterocycles. The predicted octanol–water partition coefficient (Wildman–Crippen LogP) is 1.76. The van der Waals surface area contributed by atoms with Crippen molar-refractivity contribution in [2.75, 3.05) is 20.8 Å². The van der Waals surface area contributed by atoms with Crippen molar-refractivity contribution in [3.05, 3.63) is 51.8 Å². The number of nitrogens with zero attached hydrogens (tertiary/aromatic N) is 3. The molecule has 1 N–H and O–H groups in total. The van der Waals surface area contributed by atoms with Gasteiger partial charge in [-0.05, 0) is 23.6 Å². The van der Waals surface area contributed by atoms with Crippen LogP contribution in [0.5, 0.6) is 11.5 Å². The van der Waals surface area contributed by atoms with Gasteiger partial charge >= 0.3 is 5.69 Å². The second-order valence-electron chi connectivity index (χ2n) is 5.66. The molecule has 0 bridgehead atoms. The lowest BCUT2D eigenvalue weighted by Crippen LogP contribution is -2.32. The molecule has 0 aliphatic heterocycles. The molecule has 0 atom stereocenters. The number of hydrogen-bond donors (Lipinski definition) is 1. The standard InChI is InChI=1S/C18H20N4O4S/c1-21-16(14-8-5-11-27-14)20-22(18(21)24)10-9-19-17(23)12-6-4-7-13(25-2)15(12)26-3/h4-8,11H,9-10H2,1-3H3,(H,19,23). The number of methoxy groups -OCH3 is 2. The third-order valence-electron chi connectivity index (χ3n) is 4.04. The van der Waals surface area contributed by atoms with Crippen LogP contribution in [0.15, 0.2) is 40.5 Å². The van der Waals surface area contributed by atoms with Gasteiger partial charge in [0.25, 0.3) is 5.91 Å². The zero-order chi connectivity index (χ0) is 19.4. The molecule has 0 saturated carbocycles. The van der Waals surface area contributed by atoms with E-state index in [2.05, 4.69) is 10.4 Å². The lowest BCUT2D eigenvalue weighted by atomic mass is 10.1. The van der Waals surface area contributed by atoms with Crippen LogP contribution in [0.3, 0.4) is 0 Å². The highest BCUT2D eigenvalue weighted by Crippen LogP contribution is 2.30. The molecular formula is C18H20N4O4S. The van der Waals surface area contributed by atoms with E-state index in [0.717, 1.165) is 4.88 Å². The SMILES string of the molecule is COc1cccc(C(=O)NCCn2nc(-c3cccs3)n(C)c2=O)c1OC. The summed E-state index contributed by atoms with van der Waals surface area (Å²) < 4.78 is 13.3. The minimum Gasteiger partial charge on any atom is -0.493 e. The molecule has 2 aromatic heterocycles. The second kappa shape index (κ2) is 8.09. The molecule has 0 spiro atoms. The Kier molecular flexibility index (Phi) is 5.60. The Bertz CT molecular complexity index is 991. The summed E-state index contributed by atoms with van der Waals surface area (Å²) in [6.07, 6.45) is 0. The van der Waals surface area contributed by atoms with Gasteiger partial charge in [0.15, 0.2) is 17.3 Å².